The standard InChI is InChI=1S/C12H8BrF3N2O2/c1-5-9(13)11(12(19)20-2)17-18(5)6-3-7(14)10(16)8(15)4-6/h3-4H,1-2H3. The van der Waals surface area contributed by atoms with Crippen molar-refractivity contribution < 1.29 is 22.7 Å². The maximum absolute atomic E-state index is 13.2. The van der Waals surface area contributed by atoms with Gasteiger partial charge in [0.1, 0.15) is 0 Å². The number of nitrogens with zero attached hydrogens (tertiary/aromatic N) is 2. The molecule has 0 fully saturated rings. The zero-order valence-electron chi connectivity index (χ0n) is 10.4. The Morgan fingerprint density at radius 2 is 1.85 bits per heavy atom. The van der Waals surface area contributed by atoms with Crippen LogP contribution in [0.4, 0.5) is 13.2 Å². The van der Waals surface area contributed by atoms with Crippen LogP contribution in [0.15, 0.2) is 16.6 Å². The number of benzene rings is 1. The van der Waals surface area contributed by atoms with Crippen LogP contribution in [0.3, 0.4) is 0 Å². The second-order valence-electron chi connectivity index (χ2n) is 3.87. The van der Waals surface area contributed by atoms with Crippen molar-refractivity contribution in [2.45, 2.75) is 6.92 Å². The van der Waals surface area contributed by atoms with Gasteiger partial charge in [0, 0.05) is 12.1 Å². The summed E-state index contributed by atoms with van der Waals surface area (Å²) in [6.07, 6.45) is 0. The number of esters is 1. The number of ether oxygens (including phenoxy) is 1. The molecule has 0 atom stereocenters. The second kappa shape index (κ2) is 5.28. The maximum Gasteiger partial charge on any atom is 0.359 e. The lowest BCUT2D eigenvalue weighted by molar-refractivity contribution is 0.0592. The van der Waals surface area contributed by atoms with Gasteiger partial charge in [-0.25, -0.2) is 22.6 Å². The Morgan fingerprint density at radius 3 is 2.35 bits per heavy atom. The summed E-state index contributed by atoms with van der Waals surface area (Å²) in [7, 11) is 1.18. The Hall–Kier alpha value is -1.83. The molecule has 0 N–H and O–H groups in total. The summed E-state index contributed by atoms with van der Waals surface area (Å²) in [6.45, 7) is 1.57. The minimum absolute atomic E-state index is 0.0462. The number of methoxy groups -OCH3 is 1. The largest absolute Gasteiger partial charge is 0.464 e. The molecule has 0 aliphatic heterocycles. The molecule has 4 nitrogen and oxygen atoms in total. The van der Waals surface area contributed by atoms with Crippen LogP contribution in [0.1, 0.15) is 16.2 Å². The lowest BCUT2D eigenvalue weighted by Crippen LogP contribution is -2.06. The highest BCUT2D eigenvalue weighted by Gasteiger charge is 2.21. The molecule has 0 amide bonds. The van der Waals surface area contributed by atoms with Crippen molar-refractivity contribution in [3.8, 4) is 5.69 Å². The molecule has 1 heterocycles. The van der Waals surface area contributed by atoms with E-state index in [1.807, 2.05) is 0 Å². The van der Waals surface area contributed by atoms with E-state index in [1.165, 1.54) is 7.11 Å². The number of carbonyl (C=O) groups excluding carboxylic acids is 1. The fourth-order valence-corrected chi connectivity index (χ4v) is 2.04. The van der Waals surface area contributed by atoms with Crippen molar-refractivity contribution in [2.75, 3.05) is 7.11 Å². The SMILES string of the molecule is COC(=O)c1nn(-c2cc(F)c(F)c(F)c2)c(C)c1Br. The second-order valence-corrected chi connectivity index (χ2v) is 4.67. The van der Waals surface area contributed by atoms with Crippen molar-refractivity contribution in [3.63, 3.8) is 0 Å². The van der Waals surface area contributed by atoms with Crippen LogP contribution in [0, 0.1) is 24.4 Å². The number of carbonyl (C=O) groups is 1. The fourth-order valence-electron chi connectivity index (χ4n) is 1.63. The van der Waals surface area contributed by atoms with E-state index in [-0.39, 0.29) is 11.4 Å². The predicted molar refractivity (Wildman–Crippen MR) is 67.2 cm³/mol. The zero-order valence-corrected chi connectivity index (χ0v) is 12.0. The fraction of sp³-hybridized carbons (Fsp3) is 0.167. The van der Waals surface area contributed by atoms with Gasteiger partial charge in [-0.05, 0) is 22.9 Å². The molecule has 0 bridgehead atoms. The molecular formula is C12H8BrF3N2O2. The predicted octanol–water partition coefficient (Wildman–Crippen LogP) is 3.15. The molecule has 20 heavy (non-hydrogen) atoms. The Kier molecular flexibility index (Phi) is 3.85. The molecule has 0 radical (unpaired) electrons. The van der Waals surface area contributed by atoms with Crippen molar-refractivity contribution in [1.82, 2.24) is 9.78 Å². The van der Waals surface area contributed by atoms with Crippen molar-refractivity contribution >= 4 is 21.9 Å². The van der Waals surface area contributed by atoms with Gasteiger partial charge in [-0.3, -0.25) is 0 Å². The normalized spacial score (nSPS) is 10.7. The van der Waals surface area contributed by atoms with Crippen LogP contribution in [0.25, 0.3) is 5.69 Å². The first-order valence-electron chi connectivity index (χ1n) is 5.35. The van der Waals surface area contributed by atoms with Gasteiger partial charge in [0.25, 0.3) is 0 Å². The first-order valence-corrected chi connectivity index (χ1v) is 6.14. The topological polar surface area (TPSA) is 44.1 Å². The smallest absolute Gasteiger partial charge is 0.359 e. The Morgan fingerprint density at radius 1 is 1.30 bits per heavy atom. The maximum atomic E-state index is 13.2. The first-order chi connectivity index (χ1) is 9.36. The molecule has 0 saturated heterocycles. The van der Waals surface area contributed by atoms with Crippen LogP contribution in [0.5, 0.6) is 0 Å². The van der Waals surface area contributed by atoms with E-state index in [4.69, 9.17) is 0 Å². The summed E-state index contributed by atoms with van der Waals surface area (Å²) in [4.78, 5) is 11.5. The van der Waals surface area contributed by atoms with Gasteiger partial charge in [-0.1, -0.05) is 0 Å². The average molecular weight is 349 g/mol. The summed E-state index contributed by atoms with van der Waals surface area (Å²) >= 11 is 3.15. The number of hydrogen-bond acceptors (Lipinski definition) is 3. The number of hydrogen-bond donors (Lipinski definition) is 0. The van der Waals surface area contributed by atoms with Crippen molar-refractivity contribution in [2.24, 2.45) is 0 Å². The highest BCUT2D eigenvalue weighted by molar-refractivity contribution is 9.10. The third-order valence-corrected chi connectivity index (χ3v) is 3.58. The lowest BCUT2D eigenvalue weighted by Gasteiger charge is -2.05. The number of halogens is 4. The Balaban J connectivity index is 2.62. The molecule has 2 aromatic rings. The first kappa shape index (κ1) is 14.6. The third-order valence-electron chi connectivity index (χ3n) is 2.64. The number of rotatable bonds is 2. The summed E-state index contributed by atoms with van der Waals surface area (Å²) in [5.74, 6) is -4.95. The van der Waals surface area contributed by atoms with Crippen LogP contribution < -0.4 is 0 Å². The average Bonchev–Trinajstić information content (AvgIpc) is 2.71. The quantitative estimate of drug-likeness (QED) is 0.618. The summed E-state index contributed by atoms with van der Waals surface area (Å²) < 4.78 is 45.4. The molecule has 1 aromatic heterocycles. The van der Waals surface area contributed by atoms with Gasteiger partial charge in [0.15, 0.2) is 23.1 Å². The summed E-state index contributed by atoms with van der Waals surface area (Å²) in [5, 5.41) is 3.90. The van der Waals surface area contributed by atoms with Gasteiger partial charge in [0.2, 0.25) is 0 Å². The third kappa shape index (κ3) is 2.31. The van der Waals surface area contributed by atoms with E-state index in [2.05, 4.69) is 25.8 Å². The van der Waals surface area contributed by atoms with Gasteiger partial charge in [-0.15, -0.1) is 0 Å². The van der Waals surface area contributed by atoms with E-state index >= 15 is 0 Å². The molecule has 0 aliphatic carbocycles. The molecule has 1 aromatic carbocycles. The molecule has 0 saturated carbocycles. The van der Waals surface area contributed by atoms with E-state index in [0.29, 0.717) is 10.2 Å². The molecule has 8 heteroatoms. The minimum Gasteiger partial charge on any atom is -0.464 e. The number of aromatic nitrogens is 2. The lowest BCUT2D eigenvalue weighted by atomic mass is 10.3. The van der Waals surface area contributed by atoms with Crippen molar-refractivity contribution in [3.05, 3.63) is 45.4 Å². The van der Waals surface area contributed by atoms with E-state index in [9.17, 15) is 18.0 Å². The zero-order chi connectivity index (χ0) is 15.0. The highest BCUT2D eigenvalue weighted by atomic mass is 79.9. The molecule has 106 valence electrons. The molecule has 0 spiro atoms. The summed E-state index contributed by atoms with van der Waals surface area (Å²) in [6, 6.07) is 1.57. The van der Waals surface area contributed by atoms with E-state index in [0.717, 1.165) is 16.8 Å². The minimum atomic E-state index is -1.56. The Bertz CT molecular complexity index is 677. The highest BCUT2D eigenvalue weighted by Crippen LogP contribution is 2.25. The van der Waals surface area contributed by atoms with Gasteiger partial charge >= 0.3 is 5.97 Å². The van der Waals surface area contributed by atoms with Gasteiger partial charge in [0.05, 0.1) is 23.0 Å². The van der Waals surface area contributed by atoms with E-state index < -0.39 is 23.4 Å². The summed E-state index contributed by atoms with van der Waals surface area (Å²) in [5.41, 5.74) is 0.320. The van der Waals surface area contributed by atoms with E-state index in [1.54, 1.807) is 6.92 Å². The molecular weight excluding hydrogens is 341 g/mol. The van der Waals surface area contributed by atoms with Crippen LogP contribution in [0.2, 0.25) is 0 Å². The molecule has 2 rings (SSSR count). The van der Waals surface area contributed by atoms with Crippen LogP contribution in [-0.2, 0) is 4.74 Å². The molecule has 0 aliphatic rings. The van der Waals surface area contributed by atoms with Gasteiger partial charge in [-0.2, -0.15) is 5.10 Å². The molecule has 0 unspecified atom stereocenters. The van der Waals surface area contributed by atoms with Gasteiger partial charge < -0.3 is 4.74 Å². The van der Waals surface area contributed by atoms with Crippen LogP contribution in [-0.4, -0.2) is 22.9 Å². The Labute approximate surface area is 120 Å². The monoisotopic (exact) mass is 348 g/mol. The van der Waals surface area contributed by atoms with Crippen LogP contribution >= 0.6 is 15.9 Å². The van der Waals surface area contributed by atoms with Crippen molar-refractivity contribution in [1.29, 1.82) is 0 Å².